The Kier molecular flexibility index (Phi) is 4.03. The smallest absolute Gasteiger partial charge is 0.325 e. The summed E-state index contributed by atoms with van der Waals surface area (Å²) in [5.74, 6) is 0. The van der Waals surface area contributed by atoms with E-state index >= 15 is 0 Å². The second-order valence-electron chi connectivity index (χ2n) is 2.80. The average molecular weight is 266 g/mol. The molecule has 0 aromatic heterocycles. The van der Waals surface area contributed by atoms with Gasteiger partial charge in [0.15, 0.2) is 0 Å². The van der Waals surface area contributed by atoms with Gasteiger partial charge in [-0.05, 0) is 23.9 Å². The largest absolute Gasteiger partial charge is 0.341 e. The summed E-state index contributed by atoms with van der Waals surface area (Å²) in [5.41, 5.74) is 16.3. The van der Waals surface area contributed by atoms with Gasteiger partial charge < -0.3 is 5.09 Å². The highest BCUT2D eigenvalue weighted by atomic mass is 32.5. The molecule has 0 aliphatic heterocycles. The van der Waals surface area contributed by atoms with Crippen molar-refractivity contribution in [2.75, 3.05) is 5.09 Å². The van der Waals surface area contributed by atoms with Gasteiger partial charge in [0.25, 0.3) is 0 Å². The fourth-order valence-corrected chi connectivity index (χ4v) is 4.35. The van der Waals surface area contributed by atoms with E-state index in [1.54, 1.807) is 24.3 Å². The van der Waals surface area contributed by atoms with Crippen LogP contribution in [0, 0.1) is 0 Å². The maximum atomic E-state index is 11.0. The molecule has 0 aliphatic carbocycles. The Labute approximate surface area is 92.9 Å². The number of anilines is 1. The van der Waals surface area contributed by atoms with Gasteiger partial charge in [-0.15, -0.1) is 0 Å². The van der Waals surface area contributed by atoms with E-state index in [1.165, 1.54) is 0 Å². The zero-order chi connectivity index (χ0) is 11.5. The molecule has 0 heterocycles. The Balaban J connectivity index is 2.74. The molecule has 6 nitrogen and oxygen atoms in total. The SMILES string of the molecule is NP(N)(=O)OP(N)(=S)Nc1ccccc1. The Hall–Kier alpha value is -0.260. The number of rotatable bonds is 4. The van der Waals surface area contributed by atoms with E-state index in [9.17, 15) is 4.57 Å². The first-order chi connectivity index (χ1) is 6.79. The Bertz CT molecular complexity index is 420. The van der Waals surface area contributed by atoms with Gasteiger partial charge in [-0.1, -0.05) is 18.2 Å². The molecule has 0 bridgehead atoms. The highest BCUT2D eigenvalue weighted by Crippen LogP contribution is 2.50. The van der Waals surface area contributed by atoms with Crippen LogP contribution in [-0.2, 0) is 20.7 Å². The lowest BCUT2D eigenvalue weighted by Gasteiger charge is -2.20. The van der Waals surface area contributed by atoms with E-state index in [0.717, 1.165) is 0 Å². The number of nitrogens with one attached hydrogen (secondary N) is 1. The van der Waals surface area contributed by atoms with Crippen LogP contribution in [0.2, 0.25) is 0 Å². The van der Waals surface area contributed by atoms with Crippen molar-refractivity contribution < 1.29 is 8.88 Å². The lowest BCUT2D eigenvalue weighted by Crippen LogP contribution is -2.14. The lowest BCUT2D eigenvalue weighted by molar-refractivity contribution is 0.505. The summed E-state index contributed by atoms with van der Waals surface area (Å²) in [4.78, 5) is 0. The van der Waals surface area contributed by atoms with Crippen LogP contribution in [0.5, 0.6) is 0 Å². The molecule has 1 aromatic carbocycles. The number of benzene rings is 1. The van der Waals surface area contributed by atoms with Crippen LogP contribution in [0.4, 0.5) is 5.69 Å². The molecule has 1 atom stereocenters. The van der Waals surface area contributed by atoms with Gasteiger partial charge in [-0.2, -0.15) is 0 Å². The van der Waals surface area contributed by atoms with Crippen molar-refractivity contribution in [2.45, 2.75) is 0 Å². The summed E-state index contributed by atoms with van der Waals surface area (Å²) in [5, 5.41) is 2.72. The van der Waals surface area contributed by atoms with Gasteiger partial charge in [0.2, 0.25) is 6.57 Å². The molecule has 1 unspecified atom stereocenters. The molecule has 84 valence electrons. The van der Waals surface area contributed by atoms with E-state index in [2.05, 4.69) is 5.09 Å². The Morgan fingerprint density at radius 1 is 1.20 bits per heavy atom. The second-order valence-corrected chi connectivity index (χ2v) is 7.79. The molecule has 0 saturated carbocycles. The third-order valence-electron chi connectivity index (χ3n) is 1.31. The molecule has 0 aliphatic rings. The van der Waals surface area contributed by atoms with Crippen LogP contribution in [0.1, 0.15) is 0 Å². The van der Waals surface area contributed by atoms with Crippen LogP contribution in [0.25, 0.3) is 0 Å². The molecular weight excluding hydrogens is 254 g/mol. The highest BCUT2D eigenvalue weighted by Gasteiger charge is 2.21. The van der Waals surface area contributed by atoms with Crippen LogP contribution < -0.4 is 21.6 Å². The quantitative estimate of drug-likeness (QED) is 0.607. The fourth-order valence-electron chi connectivity index (χ4n) is 0.903. The van der Waals surface area contributed by atoms with Crippen LogP contribution in [-0.4, -0.2) is 0 Å². The zero-order valence-electron chi connectivity index (χ0n) is 7.74. The molecule has 0 amide bonds. The number of para-hydroxylation sites is 1. The van der Waals surface area contributed by atoms with Crippen LogP contribution in [0.3, 0.4) is 0 Å². The lowest BCUT2D eigenvalue weighted by atomic mass is 10.3. The minimum absolute atomic E-state index is 0.664. The zero-order valence-corrected chi connectivity index (χ0v) is 10.3. The van der Waals surface area contributed by atoms with Crippen molar-refractivity contribution in [3.8, 4) is 0 Å². The maximum Gasteiger partial charge on any atom is 0.341 e. The first-order valence-corrected chi connectivity index (χ1v) is 8.44. The summed E-state index contributed by atoms with van der Waals surface area (Å²) in [7, 11) is -3.67. The maximum absolute atomic E-state index is 11.0. The first kappa shape index (κ1) is 12.8. The highest BCUT2D eigenvalue weighted by molar-refractivity contribution is 8.13. The van der Waals surface area contributed by atoms with Crippen LogP contribution >= 0.6 is 14.2 Å². The van der Waals surface area contributed by atoms with E-state index in [1.807, 2.05) is 6.07 Å². The number of hydrogen-bond acceptors (Lipinski definition) is 3. The third-order valence-corrected chi connectivity index (χ3v) is 4.74. The molecule has 15 heavy (non-hydrogen) atoms. The van der Waals surface area contributed by atoms with Gasteiger partial charge in [-0.3, -0.25) is 10.1 Å². The van der Waals surface area contributed by atoms with E-state index in [-0.39, 0.29) is 0 Å². The van der Waals surface area contributed by atoms with Crippen molar-refractivity contribution in [2.24, 2.45) is 16.5 Å². The van der Waals surface area contributed by atoms with Crippen molar-refractivity contribution in [3.63, 3.8) is 0 Å². The molecule has 1 rings (SSSR count). The summed E-state index contributed by atoms with van der Waals surface area (Å²) in [6.45, 7) is -2.97. The van der Waals surface area contributed by atoms with E-state index in [0.29, 0.717) is 5.69 Å². The summed E-state index contributed by atoms with van der Waals surface area (Å²) >= 11 is 4.90. The molecule has 7 N–H and O–H groups in total. The molecule has 0 radical (unpaired) electrons. The van der Waals surface area contributed by atoms with Gasteiger partial charge >= 0.3 is 7.67 Å². The number of hydrogen-bond donors (Lipinski definition) is 4. The standard InChI is InChI=1S/C6H12N4O2P2S/c7-13(8,11)12-14(9,15)10-6-4-2-1-3-5-6/h1-5H,(H4,7,8,11)(H3,9,10,15). The first-order valence-electron chi connectivity index (χ1n) is 3.89. The van der Waals surface area contributed by atoms with E-state index < -0.39 is 14.2 Å². The molecule has 0 spiro atoms. The molecule has 0 saturated heterocycles. The third kappa shape index (κ3) is 5.39. The summed E-state index contributed by atoms with van der Waals surface area (Å²) in [6.07, 6.45) is 0. The van der Waals surface area contributed by atoms with Crippen LogP contribution in [0.15, 0.2) is 30.3 Å². The minimum Gasteiger partial charge on any atom is -0.325 e. The fraction of sp³-hybridized carbons (Fsp3) is 0. The molecular formula is C6H12N4O2P2S. The second kappa shape index (κ2) is 4.72. The van der Waals surface area contributed by atoms with E-state index in [4.69, 9.17) is 32.6 Å². The Morgan fingerprint density at radius 3 is 2.20 bits per heavy atom. The number of nitrogens with two attached hydrogens (primary N) is 3. The monoisotopic (exact) mass is 266 g/mol. The van der Waals surface area contributed by atoms with Crippen molar-refractivity contribution in [1.82, 2.24) is 0 Å². The van der Waals surface area contributed by atoms with Gasteiger partial charge in [-0.25, -0.2) is 15.3 Å². The predicted molar refractivity (Wildman–Crippen MR) is 65.6 cm³/mol. The summed E-state index contributed by atoms with van der Waals surface area (Å²) < 4.78 is 15.7. The Morgan fingerprint density at radius 2 is 1.73 bits per heavy atom. The van der Waals surface area contributed by atoms with Gasteiger partial charge in [0.05, 0.1) is 0 Å². The van der Waals surface area contributed by atoms with Crippen molar-refractivity contribution in [1.29, 1.82) is 0 Å². The average Bonchev–Trinajstić information content (AvgIpc) is 1.99. The predicted octanol–water partition coefficient (Wildman–Crippen LogP) is 1.32. The van der Waals surface area contributed by atoms with Crippen molar-refractivity contribution >= 4 is 31.7 Å². The van der Waals surface area contributed by atoms with Gasteiger partial charge in [0.1, 0.15) is 0 Å². The molecule has 9 heteroatoms. The van der Waals surface area contributed by atoms with Crippen molar-refractivity contribution in [3.05, 3.63) is 30.3 Å². The van der Waals surface area contributed by atoms with Gasteiger partial charge in [0, 0.05) is 5.69 Å². The summed E-state index contributed by atoms with van der Waals surface area (Å²) in [6, 6.07) is 8.91. The normalized spacial score (nSPS) is 15.7. The molecule has 1 aromatic rings. The minimum atomic E-state index is -3.67. The molecule has 0 fully saturated rings. The topological polar surface area (TPSA) is 116 Å².